The van der Waals surface area contributed by atoms with Crippen LogP contribution in [0, 0.1) is 0 Å². The molecule has 0 unspecified atom stereocenters. The average molecular weight is 495 g/mol. The first-order chi connectivity index (χ1) is 17.2. The van der Waals surface area contributed by atoms with Crippen molar-refractivity contribution in [2.24, 2.45) is 0 Å². The standard InChI is InChI=1S/C33H38O2Si/c1-32(2,3)36(4,5)35-31-24-16-15-17-27(31)25-26-34-33(28-18-9-6-10-19-28,29-20-11-7-12-21-29)30-22-13-8-14-23-30/h6-24H,25-26H2,1-5H3. The summed E-state index contributed by atoms with van der Waals surface area (Å²) in [6.07, 6.45) is 0.763. The summed E-state index contributed by atoms with van der Waals surface area (Å²) in [7, 11) is -1.95. The van der Waals surface area contributed by atoms with E-state index in [1.165, 1.54) is 5.56 Å². The molecule has 0 saturated carbocycles. The fourth-order valence-corrected chi connectivity index (χ4v) is 5.38. The maximum atomic E-state index is 7.00. The van der Waals surface area contributed by atoms with E-state index in [-0.39, 0.29) is 5.04 Å². The molecule has 4 rings (SSSR count). The van der Waals surface area contributed by atoms with Crippen LogP contribution in [-0.4, -0.2) is 14.9 Å². The van der Waals surface area contributed by atoms with Crippen LogP contribution in [0.15, 0.2) is 115 Å². The summed E-state index contributed by atoms with van der Waals surface area (Å²) in [5.41, 5.74) is 3.83. The molecule has 2 nitrogen and oxygen atoms in total. The van der Waals surface area contributed by atoms with E-state index < -0.39 is 13.9 Å². The van der Waals surface area contributed by atoms with E-state index in [2.05, 4.69) is 149 Å². The predicted octanol–water partition coefficient (Wildman–Crippen LogP) is 8.62. The highest BCUT2D eigenvalue weighted by Gasteiger charge is 2.40. The molecule has 36 heavy (non-hydrogen) atoms. The van der Waals surface area contributed by atoms with Gasteiger partial charge in [-0.25, -0.2) is 0 Å². The van der Waals surface area contributed by atoms with Crippen molar-refractivity contribution in [3.63, 3.8) is 0 Å². The first kappa shape index (κ1) is 25.9. The molecule has 0 N–H and O–H groups in total. The van der Waals surface area contributed by atoms with Gasteiger partial charge in [0.2, 0.25) is 8.32 Å². The van der Waals surface area contributed by atoms with Crippen LogP contribution in [0.4, 0.5) is 0 Å². The van der Waals surface area contributed by atoms with Crippen molar-refractivity contribution in [1.29, 1.82) is 0 Å². The number of hydrogen-bond acceptors (Lipinski definition) is 2. The van der Waals surface area contributed by atoms with E-state index in [0.717, 1.165) is 28.9 Å². The van der Waals surface area contributed by atoms with Gasteiger partial charge in [0.1, 0.15) is 11.4 Å². The number of hydrogen-bond donors (Lipinski definition) is 0. The van der Waals surface area contributed by atoms with Crippen molar-refractivity contribution in [3.05, 3.63) is 138 Å². The van der Waals surface area contributed by atoms with Gasteiger partial charge in [-0.2, -0.15) is 0 Å². The predicted molar refractivity (Wildman–Crippen MR) is 153 cm³/mol. The molecule has 3 heteroatoms. The Morgan fingerprint density at radius 2 is 1.00 bits per heavy atom. The Morgan fingerprint density at radius 1 is 0.583 bits per heavy atom. The second kappa shape index (κ2) is 10.9. The van der Waals surface area contributed by atoms with Crippen LogP contribution in [-0.2, 0) is 16.8 Å². The van der Waals surface area contributed by atoms with E-state index in [0.29, 0.717) is 6.61 Å². The SMILES string of the molecule is CC(C)(C)[Si](C)(C)Oc1ccccc1CCOC(c1ccccc1)(c1ccccc1)c1ccccc1. The Bertz CT molecular complexity index is 1130. The molecule has 0 fully saturated rings. The van der Waals surface area contributed by atoms with Gasteiger partial charge in [0.05, 0.1) is 6.61 Å². The van der Waals surface area contributed by atoms with Crippen molar-refractivity contribution in [2.45, 2.75) is 50.9 Å². The minimum Gasteiger partial charge on any atom is -0.543 e. The highest BCUT2D eigenvalue weighted by atomic mass is 28.4. The van der Waals surface area contributed by atoms with Gasteiger partial charge in [0, 0.05) is 0 Å². The van der Waals surface area contributed by atoms with Crippen LogP contribution in [0.5, 0.6) is 5.75 Å². The topological polar surface area (TPSA) is 18.5 Å². The van der Waals surface area contributed by atoms with Crippen LogP contribution < -0.4 is 4.43 Å². The smallest absolute Gasteiger partial charge is 0.250 e. The van der Waals surface area contributed by atoms with E-state index >= 15 is 0 Å². The zero-order valence-corrected chi connectivity index (χ0v) is 23.2. The quantitative estimate of drug-likeness (QED) is 0.171. The van der Waals surface area contributed by atoms with Gasteiger partial charge in [0.25, 0.3) is 0 Å². The Hall–Kier alpha value is -3.14. The summed E-state index contributed by atoms with van der Waals surface area (Å²) in [6.45, 7) is 12.0. The lowest BCUT2D eigenvalue weighted by atomic mass is 9.80. The van der Waals surface area contributed by atoms with Crippen LogP contribution in [0.25, 0.3) is 0 Å². The van der Waals surface area contributed by atoms with Gasteiger partial charge >= 0.3 is 0 Å². The van der Waals surface area contributed by atoms with Gasteiger partial charge in [-0.15, -0.1) is 0 Å². The number of ether oxygens (including phenoxy) is 1. The van der Waals surface area contributed by atoms with E-state index in [1.807, 2.05) is 0 Å². The first-order valence-electron chi connectivity index (χ1n) is 12.8. The fourth-order valence-electron chi connectivity index (χ4n) is 4.32. The molecule has 0 aliphatic heterocycles. The molecular formula is C33H38O2Si. The second-order valence-corrected chi connectivity index (χ2v) is 15.6. The molecule has 0 spiro atoms. The maximum absolute atomic E-state index is 7.00. The van der Waals surface area contributed by atoms with Gasteiger partial charge in [-0.1, -0.05) is 130 Å². The fraction of sp³-hybridized carbons (Fsp3) is 0.273. The molecular weight excluding hydrogens is 456 g/mol. The lowest BCUT2D eigenvalue weighted by molar-refractivity contribution is 0.0146. The molecule has 0 aromatic heterocycles. The van der Waals surface area contributed by atoms with Crippen LogP contribution in [0.2, 0.25) is 18.1 Å². The largest absolute Gasteiger partial charge is 0.543 e. The Labute approximate surface area is 218 Å². The monoisotopic (exact) mass is 494 g/mol. The molecule has 0 saturated heterocycles. The third-order valence-electron chi connectivity index (χ3n) is 7.37. The zero-order chi connectivity index (χ0) is 25.7. The molecule has 0 aliphatic carbocycles. The lowest BCUT2D eigenvalue weighted by Crippen LogP contribution is -2.44. The molecule has 4 aromatic rings. The summed E-state index contributed by atoms with van der Waals surface area (Å²) in [5, 5.41) is 0.139. The van der Waals surface area contributed by atoms with Gasteiger partial charge in [0.15, 0.2) is 0 Å². The Morgan fingerprint density at radius 3 is 1.44 bits per heavy atom. The number of rotatable bonds is 9. The summed E-state index contributed by atoms with van der Waals surface area (Å²) in [5.74, 6) is 0.984. The molecule has 0 bridgehead atoms. The minimum absolute atomic E-state index is 0.139. The van der Waals surface area contributed by atoms with Crippen LogP contribution in [0.1, 0.15) is 43.0 Å². The van der Waals surface area contributed by atoms with Crippen molar-refractivity contribution >= 4 is 8.32 Å². The normalized spacial score (nSPS) is 12.4. The zero-order valence-electron chi connectivity index (χ0n) is 22.2. The van der Waals surface area contributed by atoms with E-state index in [9.17, 15) is 0 Å². The van der Waals surface area contributed by atoms with Crippen molar-refractivity contribution < 1.29 is 9.16 Å². The number of benzene rings is 4. The molecule has 0 radical (unpaired) electrons. The van der Waals surface area contributed by atoms with Crippen LogP contribution >= 0.6 is 0 Å². The van der Waals surface area contributed by atoms with Gasteiger partial charge in [-0.3, -0.25) is 0 Å². The van der Waals surface area contributed by atoms with Gasteiger partial charge in [-0.05, 0) is 52.9 Å². The highest BCUT2D eigenvalue weighted by molar-refractivity contribution is 6.74. The first-order valence-corrected chi connectivity index (χ1v) is 15.7. The molecule has 4 aromatic carbocycles. The second-order valence-electron chi connectivity index (χ2n) is 10.8. The Balaban J connectivity index is 1.69. The maximum Gasteiger partial charge on any atom is 0.250 e. The van der Waals surface area contributed by atoms with Crippen molar-refractivity contribution in [1.82, 2.24) is 0 Å². The lowest BCUT2D eigenvalue weighted by Gasteiger charge is -2.37. The Kier molecular flexibility index (Phi) is 7.82. The molecule has 0 heterocycles. The minimum atomic E-state index is -1.95. The van der Waals surface area contributed by atoms with Gasteiger partial charge < -0.3 is 9.16 Å². The van der Waals surface area contributed by atoms with E-state index in [1.54, 1.807) is 0 Å². The van der Waals surface area contributed by atoms with Crippen LogP contribution in [0.3, 0.4) is 0 Å². The molecule has 0 amide bonds. The average Bonchev–Trinajstić information content (AvgIpc) is 2.88. The third-order valence-corrected chi connectivity index (χ3v) is 11.7. The number of para-hydroxylation sites is 1. The van der Waals surface area contributed by atoms with Crippen molar-refractivity contribution in [3.8, 4) is 5.75 Å². The molecule has 0 atom stereocenters. The highest BCUT2D eigenvalue weighted by Crippen LogP contribution is 2.41. The summed E-state index contributed by atoms with van der Waals surface area (Å²) in [4.78, 5) is 0. The van der Waals surface area contributed by atoms with Crippen molar-refractivity contribution in [2.75, 3.05) is 6.61 Å². The van der Waals surface area contributed by atoms with E-state index in [4.69, 9.17) is 9.16 Å². The summed E-state index contributed by atoms with van der Waals surface area (Å²) >= 11 is 0. The summed E-state index contributed by atoms with van der Waals surface area (Å²) in [6, 6.07) is 40.1. The molecule has 0 aliphatic rings. The summed E-state index contributed by atoms with van der Waals surface area (Å²) < 4.78 is 13.7. The third kappa shape index (κ3) is 5.48. The molecule has 186 valence electrons.